The quantitative estimate of drug-likeness (QED) is 0.524. The van der Waals surface area contributed by atoms with Crippen LogP contribution in [0.4, 0.5) is 5.69 Å². The SMILES string of the molecule is CCCCCCCCCCNc1ccc(C(=O)O)cc1Cl. The summed E-state index contributed by atoms with van der Waals surface area (Å²) in [5, 5.41) is 12.6. The molecule has 0 aliphatic rings. The maximum Gasteiger partial charge on any atom is 0.335 e. The van der Waals surface area contributed by atoms with Gasteiger partial charge in [0.1, 0.15) is 0 Å². The molecule has 0 atom stereocenters. The van der Waals surface area contributed by atoms with E-state index in [1.165, 1.54) is 51.0 Å². The molecule has 0 amide bonds. The second-order valence-corrected chi connectivity index (χ2v) is 5.81. The molecule has 0 bridgehead atoms. The molecule has 0 saturated heterocycles. The molecule has 3 nitrogen and oxygen atoms in total. The van der Waals surface area contributed by atoms with Crippen molar-refractivity contribution in [3.63, 3.8) is 0 Å². The van der Waals surface area contributed by atoms with E-state index in [1.807, 2.05) is 0 Å². The number of rotatable bonds is 11. The van der Waals surface area contributed by atoms with Crippen molar-refractivity contribution in [1.29, 1.82) is 0 Å². The molecular weight excluding hydrogens is 286 g/mol. The highest BCUT2D eigenvalue weighted by Gasteiger charge is 2.06. The Morgan fingerprint density at radius 3 is 2.29 bits per heavy atom. The number of benzene rings is 1. The first-order valence-corrected chi connectivity index (χ1v) is 8.29. The van der Waals surface area contributed by atoms with Crippen LogP contribution in [0.2, 0.25) is 5.02 Å². The number of carbonyl (C=O) groups is 1. The van der Waals surface area contributed by atoms with Crippen molar-refractivity contribution >= 4 is 23.3 Å². The van der Waals surface area contributed by atoms with Crippen LogP contribution in [-0.2, 0) is 0 Å². The van der Waals surface area contributed by atoms with Crippen LogP contribution < -0.4 is 5.32 Å². The fourth-order valence-electron chi connectivity index (χ4n) is 2.27. The van der Waals surface area contributed by atoms with E-state index in [2.05, 4.69) is 12.2 Å². The Balaban J connectivity index is 2.14. The van der Waals surface area contributed by atoms with Crippen LogP contribution in [0.3, 0.4) is 0 Å². The normalized spacial score (nSPS) is 10.6. The maximum absolute atomic E-state index is 10.8. The van der Waals surface area contributed by atoms with Crippen molar-refractivity contribution in [2.75, 3.05) is 11.9 Å². The number of carboxylic acids is 1. The van der Waals surface area contributed by atoms with Gasteiger partial charge in [-0.15, -0.1) is 0 Å². The number of halogens is 1. The van der Waals surface area contributed by atoms with Gasteiger partial charge in [0.2, 0.25) is 0 Å². The first-order chi connectivity index (χ1) is 10.1. The number of unbranched alkanes of at least 4 members (excludes halogenated alkanes) is 7. The van der Waals surface area contributed by atoms with Gasteiger partial charge in [-0.25, -0.2) is 4.79 Å². The van der Waals surface area contributed by atoms with Crippen molar-refractivity contribution in [2.45, 2.75) is 58.3 Å². The molecule has 0 heterocycles. The number of anilines is 1. The Bertz CT molecular complexity index is 435. The Labute approximate surface area is 132 Å². The van der Waals surface area contributed by atoms with Crippen LogP contribution in [0.15, 0.2) is 18.2 Å². The minimum absolute atomic E-state index is 0.220. The van der Waals surface area contributed by atoms with E-state index in [9.17, 15) is 4.79 Å². The molecule has 21 heavy (non-hydrogen) atoms. The number of carboxylic acid groups (broad SMARTS) is 1. The van der Waals surface area contributed by atoms with Gasteiger partial charge in [-0.3, -0.25) is 0 Å². The smallest absolute Gasteiger partial charge is 0.335 e. The van der Waals surface area contributed by atoms with Gasteiger partial charge >= 0.3 is 5.97 Å². The lowest BCUT2D eigenvalue weighted by atomic mass is 10.1. The second-order valence-electron chi connectivity index (χ2n) is 5.40. The molecule has 0 aliphatic heterocycles. The molecule has 1 aromatic rings. The third-order valence-electron chi connectivity index (χ3n) is 3.56. The molecule has 0 saturated carbocycles. The van der Waals surface area contributed by atoms with Gasteiger partial charge in [0.05, 0.1) is 16.3 Å². The maximum atomic E-state index is 10.8. The van der Waals surface area contributed by atoms with E-state index < -0.39 is 5.97 Å². The molecule has 0 fully saturated rings. The standard InChI is InChI=1S/C17H26ClNO2/c1-2-3-4-5-6-7-8-9-12-19-16-11-10-14(17(20)21)13-15(16)18/h10-11,13,19H,2-9,12H2,1H3,(H,20,21). The van der Waals surface area contributed by atoms with E-state index in [4.69, 9.17) is 16.7 Å². The predicted octanol–water partition coefficient (Wildman–Crippen LogP) is 5.59. The Hall–Kier alpha value is -1.22. The average molecular weight is 312 g/mol. The first-order valence-electron chi connectivity index (χ1n) is 7.92. The van der Waals surface area contributed by atoms with E-state index in [1.54, 1.807) is 12.1 Å². The number of aromatic carboxylic acids is 1. The zero-order valence-electron chi connectivity index (χ0n) is 12.8. The molecule has 0 spiro atoms. The summed E-state index contributed by atoms with van der Waals surface area (Å²) in [7, 11) is 0. The summed E-state index contributed by atoms with van der Waals surface area (Å²) in [6.07, 6.45) is 10.3. The summed E-state index contributed by atoms with van der Waals surface area (Å²) in [4.78, 5) is 10.8. The largest absolute Gasteiger partial charge is 0.478 e. The molecule has 0 aliphatic carbocycles. The number of hydrogen-bond acceptors (Lipinski definition) is 2. The molecular formula is C17H26ClNO2. The lowest BCUT2D eigenvalue weighted by Gasteiger charge is -2.09. The van der Waals surface area contributed by atoms with Crippen LogP contribution in [-0.4, -0.2) is 17.6 Å². The minimum atomic E-state index is -0.952. The van der Waals surface area contributed by atoms with E-state index >= 15 is 0 Å². The summed E-state index contributed by atoms with van der Waals surface area (Å²) < 4.78 is 0. The Morgan fingerprint density at radius 2 is 1.71 bits per heavy atom. The second kappa shape index (κ2) is 10.5. The zero-order valence-corrected chi connectivity index (χ0v) is 13.6. The van der Waals surface area contributed by atoms with Gasteiger partial charge in [0, 0.05) is 6.54 Å². The highest BCUT2D eigenvalue weighted by molar-refractivity contribution is 6.33. The topological polar surface area (TPSA) is 49.3 Å². The van der Waals surface area contributed by atoms with Gasteiger partial charge in [0.15, 0.2) is 0 Å². The summed E-state index contributed by atoms with van der Waals surface area (Å²) in [6, 6.07) is 4.79. The lowest BCUT2D eigenvalue weighted by molar-refractivity contribution is 0.0697. The van der Waals surface area contributed by atoms with E-state index in [0.717, 1.165) is 18.7 Å². The van der Waals surface area contributed by atoms with Crippen molar-refractivity contribution in [3.8, 4) is 0 Å². The van der Waals surface area contributed by atoms with Crippen LogP contribution in [0.25, 0.3) is 0 Å². The van der Waals surface area contributed by atoms with Crippen molar-refractivity contribution in [1.82, 2.24) is 0 Å². The molecule has 0 aromatic heterocycles. The highest BCUT2D eigenvalue weighted by Crippen LogP contribution is 2.23. The first kappa shape index (κ1) is 17.8. The molecule has 0 radical (unpaired) electrons. The summed E-state index contributed by atoms with van der Waals surface area (Å²) in [6.45, 7) is 3.11. The van der Waals surface area contributed by atoms with Gasteiger partial charge < -0.3 is 10.4 Å². The highest BCUT2D eigenvalue weighted by atomic mass is 35.5. The molecule has 1 aromatic carbocycles. The molecule has 0 unspecified atom stereocenters. The average Bonchev–Trinajstić information content (AvgIpc) is 2.46. The van der Waals surface area contributed by atoms with Crippen LogP contribution in [0.1, 0.15) is 68.6 Å². The molecule has 1 rings (SSSR count). The molecule has 118 valence electrons. The van der Waals surface area contributed by atoms with Crippen molar-refractivity contribution in [2.24, 2.45) is 0 Å². The number of nitrogens with one attached hydrogen (secondary N) is 1. The Kier molecular flexibility index (Phi) is 8.91. The van der Waals surface area contributed by atoms with Crippen LogP contribution >= 0.6 is 11.6 Å². The predicted molar refractivity (Wildman–Crippen MR) is 89.5 cm³/mol. The third kappa shape index (κ3) is 7.37. The Morgan fingerprint density at radius 1 is 1.10 bits per heavy atom. The third-order valence-corrected chi connectivity index (χ3v) is 3.87. The van der Waals surface area contributed by atoms with Crippen molar-refractivity contribution < 1.29 is 9.90 Å². The van der Waals surface area contributed by atoms with E-state index in [0.29, 0.717) is 5.02 Å². The summed E-state index contributed by atoms with van der Waals surface area (Å²) in [5.41, 5.74) is 1.03. The minimum Gasteiger partial charge on any atom is -0.478 e. The fourth-order valence-corrected chi connectivity index (χ4v) is 2.52. The van der Waals surface area contributed by atoms with Gasteiger partial charge in [-0.1, -0.05) is 63.5 Å². The van der Waals surface area contributed by atoms with E-state index in [-0.39, 0.29) is 5.56 Å². The monoisotopic (exact) mass is 311 g/mol. The lowest BCUT2D eigenvalue weighted by Crippen LogP contribution is -2.03. The van der Waals surface area contributed by atoms with Crippen LogP contribution in [0.5, 0.6) is 0 Å². The van der Waals surface area contributed by atoms with Crippen molar-refractivity contribution in [3.05, 3.63) is 28.8 Å². The molecule has 2 N–H and O–H groups in total. The fraction of sp³-hybridized carbons (Fsp3) is 0.588. The summed E-state index contributed by atoms with van der Waals surface area (Å²) in [5.74, 6) is -0.952. The van der Waals surface area contributed by atoms with Crippen LogP contribution in [0, 0.1) is 0 Å². The zero-order chi connectivity index (χ0) is 15.5. The summed E-state index contributed by atoms with van der Waals surface area (Å²) >= 11 is 6.06. The number of hydrogen-bond donors (Lipinski definition) is 2. The van der Waals surface area contributed by atoms with Gasteiger partial charge in [-0.2, -0.15) is 0 Å². The van der Waals surface area contributed by atoms with Gasteiger partial charge in [-0.05, 0) is 24.6 Å². The molecule has 4 heteroatoms. The van der Waals surface area contributed by atoms with Gasteiger partial charge in [0.25, 0.3) is 0 Å².